The topological polar surface area (TPSA) is 103 Å². The largest absolute Gasteiger partial charge is 0.468 e. The molecule has 29 heavy (non-hydrogen) atoms. The van der Waals surface area contributed by atoms with E-state index in [0.29, 0.717) is 24.6 Å². The number of hydrogen-bond donors (Lipinski definition) is 2. The fourth-order valence-corrected chi connectivity index (χ4v) is 3.82. The molecule has 0 aromatic heterocycles. The number of amides is 1. The van der Waals surface area contributed by atoms with Gasteiger partial charge in [0.2, 0.25) is 0 Å². The van der Waals surface area contributed by atoms with Crippen molar-refractivity contribution in [1.82, 2.24) is 10.2 Å². The average Bonchev–Trinajstić information content (AvgIpc) is 3.00. The first-order chi connectivity index (χ1) is 14.0. The number of piperidine rings is 1. The number of cyclic esters (lactones) is 1. The van der Waals surface area contributed by atoms with E-state index < -0.39 is 18.3 Å². The Balaban J connectivity index is 1.50. The molecule has 1 amide bonds. The standard InChI is InChI=1S/C21H31N3O5/c1-14-20(29-21(26)24(14)12-9-15-7-10-23-11-8-15)28-17-5-3-16(4-6-17)13-18(22)19(25)27-2/h3-6,14-15,18,20,23H,7-13,22H2,1-2H3. The quantitative estimate of drug-likeness (QED) is 0.634. The Hall–Kier alpha value is -2.32. The number of methoxy groups -OCH3 is 1. The molecule has 3 atom stereocenters. The third kappa shape index (κ3) is 5.61. The fraction of sp³-hybridized carbons (Fsp3) is 0.619. The number of nitrogens with one attached hydrogen (secondary N) is 1. The lowest BCUT2D eigenvalue weighted by Gasteiger charge is -2.26. The minimum atomic E-state index is -0.698. The molecule has 3 rings (SSSR count). The minimum absolute atomic E-state index is 0.156. The summed E-state index contributed by atoms with van der Waals surface area (Å²) in [6, 6.07) is 6.41. The Kier molecular flexibility index (Phi) is 7.33. The van der Waals surface area contributed by atoms with Crippen LogP contribution >= 0.6 is 0 Å². The van der Waals surface area contributed by atoms with E-state index in [0.717, 1.165) is 37.9 Å². The predicted molar refractivity (Wildman–Crippen MR) is 107 cm³/mol. The summed E-state index contributed by atoms with van der Waals surface area (Å²) in [7, 11) is 1.32. The third-order valence-electron chi connectivity index (χ3n) is 5.71. The highest BCUT2D eigenvalue weighted by Crippen LogP contribution is 2.25. The molecular formula is C21H31N3O5. The second-order valence-corrected chi connectivity index (χ2v) is 7.76. The summed E-state index contributed by atoms with van der Waals surface area (Å²) < 4.78 is 16.0. The van der Waals surface area contributed by atoms with Gasteiger partial charge >= 0.3 is 12.1 Å². The van der Waals surface area contributed by atoms with Crippen molar-refractivity contribution < 1.29 is 23.8 Å². The van der Waals surface area contributed by atoms with Gasteiger partial charge in [-0.25, -0.2) is 4.79 Å². The second kappa shape index (κ2) is 9.93. The molecule has 2 aliphatic rings. The predicted octanol–water partition coefficient (Wildman–Crippen LogP) is 1.66. The van der Waals surface area contributed by atoms with Crippen molar-refractivity contribution in [2.24, 2.45) is 11.7 Å². The summed E-state index contributed by atoms with van der Waals surface area (Å²) >= 11 is 0. The van der Waals surface area contributed by atoms with Crippen LogP contribution in [0.25, 0.3) is 0 Å². The zero-order valence-electron chi connectivity index (χ0n) is 17.1. The van der Waals surface area contributed by atoms with E-state index in [1.165, 1.54) is 7.11 Å². The molecule has 2 aliphatic heterocycles. The molecule has 1 aromatic carbocycles. The molecule has 0 bridgehead atoms. The molecule has 8 nitrogen and oxygen atoms in total. The summed E-state index contributed by atoms with van der Waals surface area (Å²) in [5, 5.41) is 3.36. The number of hydrogen-bond acceptors (Lipinski definition) is 7. The smallest absolute Gasteiger partial charge is 0.413 e. The van der Waals surface area contributed by atoms with Gasteiger partial charge in [-0.3, -0.25) is 9.69 Å². The number of nitrogens with two attached hydrogens (primary N) is 1. The van der Waals surface area contributed by atoms with Crippen LogP contribution in [0.5, 0.6) is 5.75 Å². The number of benzene rings is 1. The molecule has 0 radical (unpaired) electrons. The SMILES string of the molecule is COC(=O)C(N)Cc1ccc(OC2OC(=O)N(CCC3CCNCC3)C2C)cc1. The van der Waals surface area contributed by atoms with Crippen molar-refractivity contribution in [1.29, 1.82) is 0 Å². The number of carbonyl (C=O) groups is 2. The fourth-order valence-electron chi connectivity index (χ4n) is 3.82. The summed E-state index contributed by atoms with van der Waals surface area (Å²) in [6.45, 7) is 4.74. The maximum Gasteiger partial charge on any atom is 0.413 e. The average molecular weight is 405 g/mol. The van der Waals surface area contributed by atoms with Crippen LogP contribution in [0.1, 0.15) is 31.7 Å². The van der Waals surface area contributed by atoms with Gasteiger partial charge in [-0.2, -0.15) is 0 Å². The summed E-state index contributed by atoms with van der Waals surface area (Å²) in [5.74, 6) is 0.812. The van der Waals surface area contributed by atoms with E-state index in [4.69, 9.17) is 15.2 Å². The lowest BCUT2D eigenvalue weighted by molar-refractivity contribution is -0.142. The van der Waals surface area contributed by atoms with Gasteiger partial charge < -0.3 is 25.3 Å². The summed E-state index contributed by atoms with van der Waals surface area (Å²) in [4.78, 5) is 25.5. The van der Waals surface area contributed by atoms with Crippen molar-refractivity contribution in [2.75, 3.05) is 26.7 Å². The van der Waals surface area contributed by atoms with Crippen LogP contribution in [0.3, 0.4) is 0 Å². The van der Waals surface area contributed by atoms with E-state index in [1.54, 1.807) is 17.0 Å². The van der Waals surface area contributed by atoms with Crippen LogP contribution in [0, 0.1) is 5.92 Å². The van der Waals surface area contributed by atoms with Crippen LogP contribution in [-0.4, -0.2) is 62.1 Å². The van der Waals surface area contributed by atoms with Crippen LogP contribution < -0.4 is 15.8 Å². The van der Waals surface area contributed by atoms with Gasteiger partial charge in [0, 0.05) is 6.54 Å². The van der Waals surface area contributed by atoms with E-state index in [-0.39, 0.29) is 12.1 Å². The summed E-state index contributed by atoms with van der Waals surface area (Å²) in [5.41, 5.74) is 6.69. The monoisotopic (exact) mass is 405 g/mol. The molecule has 0 spiro atoms. The van der Waals surface area contributed by atoms with Gasteiger partial charge in [-0.05, 0) is 69.3 Å². The van der Waals surface area contributed by atoms with E-state index in [1.807, 2.05) is 19.1 Å². The van der Waals surface area contributed by atoms with Crippen LogP contribution in [-0.2, 0) is 20.7 Å². The first-order valence-corrected chi connectivity index (χ1v) is 10.2. The van der Waals surface area contributed by atoms with Gasteiger partial charge in [-0.15, -0.1) is 0 Å². The molecule has 2 saturated heterocycles. The van der Waals surface area contributed by atoms with Crippen molar-refractivity contribution in [3.05, 3.63) is 29.8 Å². The Bertz CT molecular complexity index is 690. The molecule has 3 N–H and O–H groups in total. The van der Waals surface area contributed by atoms with Gasteiger partial charge in [0.05, 0.1) is 7.11 Å². The Morgan fingerprint density at radius 1 is 1.31 bits per heavy atom. The lowest BCUT2D eigenvalue weighted by Crippen LogP contribution is -2.38. The van der Waals surface area contributed by atoms with Crippen molar-refractivity contribution in [3.8, 4) is 5.75 Å². The maximum absolute atomic E-state index is 12.3. The highest BCUT2D eigenvalue weighted by molar-refractivity contribution is 5.75. The highest BCUT2D eigenvalue weighted by Gasteiger charge is 2.40. The van der Waals surface area contributed by atoms with Gasteiger partial charge in [0.15, 0.2) is 0 Å². The van der Waals surface area contributed by atoms with Crippen molar-refractivity contribution in [2.45, 2.75) is 51.0 Å². The van der Waals surface area contributed by atoms with Gasteiger partial charge in [-0.1, -0.05) is 12.1 Å². The van der Waals surface area contributed by atoms with Crippen molar-refractivity contribution in [3.63, 3.8) is 0 Å². The molecule has 0 aliphatic carbocycles. The summed E-state index contributed by atoms with van der Waals surface area (Å²) in [6.07, 6.45) is 2.72. The number of rotatable bonds is 8. The third-order valence-corrected chi connectivity index (χ3v) is 5.71. The van der Waals surface area contributed by atoms with Crippen LogP contribution in [0.4, 0.5) is 4.79 Å². The lowest BCUT2D eigenvalue weighted by atomic mass is 9.94. The van der Waals surface area contributed by atoms with Gasteiger partial charge in [0.25, 0.3) is 6.29 Å². The number of ether oxygens (including phenoxy) is 3. The van der Waals surface area contributed by atoms with Crippen molar-refractivity contribution >= 4 is 12.1 Å². The molecule has 8 heteroatoms. The van der Waals surface area contributed by atoms with Crippen LogP contribution in [0.2, 0.25) is 0 Å². The van der Waals surface area contributed by atoms with E-state index in [9.17, 15) is 9.59 Å². The minimum Gasteiger partial charge on any atom is -0.468 e. The molecule has 2 heterocycles. The Labute approximate surface area is 171 Å². The number of carbonyl (C=O) groups excluding carboxylic acids is 2. The van der Waals surface area contributed by atoms with E-state index >= 15 is 0 Å². The highest BCUT2D eigenvalue weighted by atomic mass is 16.7. The number of nitrogens with zero attached hydrogens (tertiary/aromatic N) is 1. The first-order valence-electron chi connectivity index (χ1n) is 10.2. The molecule has 0 saturated carbocycles. The first kappa shape index (κ1) is 21.4. The normalized spacial score (nSPS) is 23.6. The maximum atomic E-state index is 12.3. The van der Waals surface area contributed by atoms with Crippen LogP contribution in [0.15, 0.2) is 24.3 Å². The zero-order chi connectivity index (χ0) is 20.8. The molecular weight excluding hydrogens is 374 g/mol. The molecule has 1 aromatic rings. The molecule has 160 valence electrons. The molecule has 3 unspecified atom stereocenters. The van der Waals surface area contributed by atoms with Gasteiger partial charge in [0.1, 0.15) is 17.8 Å². The zero-order valence-corrected chi connectivity index (χ0v) is 17.1. The number of esters is 1. The Morgan fingerprint density at radius 3 is 2.66 bits per heavy atom. The Morgan fingerprint density at radius 2 is 2.00 bits per heavy atom. The second-order valence-electron chi connectivity index (χ2n) is 7.76. The molecule has 2 fully saturated rings. The van der Waals surface area contributed by atoms with E-state index in [2.05, 4.69) is 10.1 Å².